The summed E-state index contributed by atoms with van der Waals surface area (Å²) in [5, 5.41) is 0. The molecule has 20 heavy (non-hydrogen) atoms. The maximum absolute atomic E-state index is 12.5. The third kappa shape index (κ3) is 2.85. The van der Waals surface area contributed by atoms with Crippen LogP contribution in [-0.2, 0) is 0 Å². The average Bonchev–Trinajstić information content (AvgIpc) is 2.86. The minimum atomic E-state index is 0.0200. The number of benzene rings is 1. The molecule has 106 valence electrons. The average molecular weight is 288 g/mol. The third-order valence-electron chi connectivity index (χ3n) is 3.59. The molecule has 0 radical (unpaired) electrons. The summed E-state index contributed by atoms with van der Waals surface area (Å²) in [6.45, 7) is 6.04. The van der Waals surface area contributed by atoms with Gasteiger partial charge in [-0.15, -0.1) is 11.3 Å². The van der Waals surface area contributed by atoms with Crippen LogP contribution in [0.5, 0.6) is 0 Å². The van der Waals surface area contributed by atoms with E-state index in [1.54, 1.807) is 28.4 Å². The Bertz CT molecular complexity index is 633. The molecule has 0 aliphatic heterocycles. The van der Waals surface area contributed by atoms with Crippen LogP contribution in [0.3, 0.4) is 0 Å². The number of aryl methyl sites for hydroxylation is 2. The van der Waals surface area contributed by atoms with E-state index in [0.29, 0.717) is 11.3 Å². The van der Waals surface area contributed by atoms with Gasteiger partial charge in [0.2, 0.25) is 0 Å². The van der Waals surface area contributed by atoms with E-state index in [0.717, 1.165) is 5.56 Å². The van der Waals surface area contributed by atoms with Gasteiger partial charge in [-0.3, -0.25) is 4.79 Å². The Morgan fingerprint density at radius 2 is 1.95 bits per heavy atom. The molecule has 4 heteroatoms. The van der Waals surface area contributed by atoms with Crippen molar-refractivity contribution in [3.8, 4) is 0 Å². The van der Waals surface area contributed by atoms with Crippen LogP contribution in [0.2, 0.25) is 0 Å². The lowest BCUT2D eigenvalue weighted by Gasteiger charge is -2.24. The highest BCUT2D eigenvalue weighted by Gasteiger charge is 2.20. The van der Waals surface area contributed by atoms with Crippen molar-refractivity contribution < 1.29 is 4.79 Å². The van der Waals surface area contributed by atoms with Crippen LogP contribution >= 0.6 is 11.3 Å². The Morgan fingerprint density at radius 3 is 2.50 bits per heavy atom. The molecule has 0 saturated heterocycles. The van der Waals surface area contributed by atoms with Gasteiger partial charge in [0.15, 0.2) is 0 Å². The van der Waals surface area contributed by atoms with E-state index in [1.807, 2.05) is 27.0 Å². The van der Waals surface area contributed by atoms with Crippen LogP contribution in [0, 0.1) is 13.8 Å². The van der Waals surface area contributed by atoms with Gasteiger partial charge in [-0.05, 0) is 56.7 Å². The van der Waals surface area contributed by atoms with Crippen molar-refractivity contribution >= 4 is 22.9 Å². The zero-order chi connectivity index (χ0) is 14.9. The number of rotatable bonds is 3. The second kappa shape index (κ2) is 5.67. The van der Waals surface area contributed by atoms with Crippen LogP contribution in [0.15, 0.2) is 30.3 Å². The fraction of sp³-hybridized carbons (Fsp3) is 0.312. The van der Waals surface area contributed by atoms with Gasteiger partial charge in [0.05, 0.1) is 6.04 Å². The summed E-state index contributed by atoms with van der Waals surface area (Å²) < 4.78 is 0. The lowest BCUT2D eigenvalue weighted by atomic mass is 10.1. The van der Waals surface area contributed by atoms with E-state index in [1.165, 1.54) is 9.75 Å². The molecule has 2 aromatic rings. The minimum Gasteiger partial charge on any atom is -0.399 e. The standard InChI is InChI=1S/C16H20N2OS/c1-10-9-13(6-7-14(10)17)16(19)18(4)12(3)15-8-5-11(2)20-15/h5-9,12H,17H2,1-4H3. The van der Waals surface area contributed by atoms with Crippen molar-refractivity contribution in [1.82, 2.24) is 4.90 Å². The van der Waals surface area contributed by atoms with Crippen molar-refractivity contribution in [2.75, 3.05) is 12.8 Å². The molecule has 0 bridgehead atoms. The normalized spacial score (nSPS) is 12.2. The predicted molar refractivity (Wildman–Crippen MR) is 85.2 cm³/mol. The molecule has 1 atom stereocenters. The summed E-state index contributed by atoms with van der Waals surface area (Å²) in [6.07, 6.45) is 0. The first-order valence-corrected chi connectivity index (χ1v) is 7.41. The summed E-state index contributed by atoms with van der Waals surface area (Å²) >= 11 is 1.73. The predicted octanol–water partition coefficient (Wildman–Crippen LogP) is 3.78. The summed E-state index contributed by atoms with van der Waals surface area (Å²) in [4.78, 5) is 16.8. The van der Waals surface area contributed by atoms with E-state index in [9.17, 15) is 4.79 Å². The maximum atomic E-state index is 12.5. The zero-order valence-corrected chi connectivity index (χ0v) is 13.1. The topological polar surface area (TPSA) is 46.3 Å². The molecule has 3 nitrogen and oxygen atoms in total. The number of nitrogens with zero attached hydrogens (tertiary/aromatic N) is 1. The smallest absolute Gasteiger partial charge is 0.254 e. The molecule has 1 aromatic carbocycles. The highest BCUT2D eigenvalue weighted by molar-refractivity contribution is 7.12. The Labute approximate surface area is 124 Å². The van der Waals surface area contributed by atoms with Crippen LogP contribution in [0.1, 0.15) is 38.6 Å². The van der Waals surface area contributed by atoms with Gasteiger partial charge in [-0.2, -0.15) is 0 Å². The second-order valence-electron chi connectivity index (χ2n) is 5.11. The number of thiophene rings is 1. The number of carbonyl (C=O) groups excluding carboxylic acids is 1. The molecule has 0 spiro atoms. The fourth-order valence-electron chi connectivity index (χ4n) is 2.06. The molecular weight excluding hydrogens is 268 g/mol. The molecule has 0 aliphatic rings. The SMILES string of the molecule is Cc1ccc(C(C)N(C)C(=O)c2ccc(N)c(C)c2)s1. The number of hydrogen-bond donors (Lipinski definition) is 1. The first-order valence-electron chi connectivity index (χ1n) is 6.59. The molecule has 1 heterocycles. The van der Waals surface area contributed by atoms with Crippen molar-refractivity contribution in [3.05, 3.63) is 51.2 Å². The monoisotopic (exact) mass is 288 g/mol. The second-order valence-corrected chi connectivity index (χ2v) is 6.43. The van der Waals surface area contributed by atoms with Gasteiger partial charge in [0.25, 0.3) is 5.91 Å². The number of nitrogens with two attached hydrogens (primary N) is 1. The summed E-state index contributed by atoms with van der Waals surface area (Å²) in [7, 11) is 1.84. The summed E-state index contributed by atoms with van der Waals surface area (Å²) in [5.74, 6) is 0.0200. The fourth-order valence-corrected chi connectivity index (χ4v) is 3.03. The van der Waals surface area contributed by atoms with Gasteiger partial charge in [-0.25, -0.2) is 0 Å². The van der Waals surface area contributed by atoms with Crippen LogP contribution in [0.25, 0.3) is 0 Å². The maximum Gasteiger partial charge on any atom is 0.254 e. The molecule has 0 saturated carbocycles. The number of nitrogen functional groups attached to an aromatic ring is 1. The number of hydrogen-bond acceptors (Lipinski definition) is 3. The van der Waals surface area contributed by atoms with Crippen molar-refractivity contribution in [1.29, 1.82) is 0 Å². The first-order chi connectivity index (χ1) is 9.40. The quantitative estimate of drug-likeness (QED) is 0.874. The molecule has 0 aliphatic carbocycles. The van der Waals surface area contributed by atoms with Gasteiger partial charge in [0, 0.05) is 28.1 Å². The van der Waals surface area contributed by atoms with Gasteiger partial charge in [-0.1, -0.05) is 0 Å². The van der Waals surface area contributed by atoms with Gasteiger partial charge < -0.3 is 10.6 Å². The molecule has 1 aromatic heterocycles. The van der Waals surface area contributed by atoms with E-state index in [4.69, 9.17) is 5.73 Å². The highest BCUT2D eigenvalue weighted by atomic mass is 32.1. The molecule has 0 fully saturated rings. The number of carbonyl (C=O) groups is 1. The van der Waals surface area contributed by atoms with Gasteiger partial charge in [0.1, 0.15) is 0 Å². The van der Waals surface area contributed by atoms with E-state index >= 15 is 0 Å². The molecule has 1 amide bonds. The van der Waals surface area contributed by atoms with E-state index in [-0.39, 0.29) is 11.9 Å². The molecule has 1 unspecified atom stereocenters. The zero-order valence-electron chi connectivity index (χ0n) is 12.3. The number of amides is 1. The third-order valence-corrected chi connectivity index (χ3v) is 4.76. The van der Waals surface area contributed by atoms with Gasteiger partial charge >= 0.3 is 0 Å². The molecule has 2 N–H and O–H groups in total. The van der Waals surface area contributed by atoms with Crippen molar-refractivity contribution in [2.24, 2.45) is 0 Å². The Hall–Kier alpha value is -1.81. The summed E-state index contributed by atoms with van der Waals surface area (Å²) in [6, 6.07) is 9.66. The largest absolute Gasteiger partial charge is 0.399 e. The Kier molecular flexibility index (Phi) is 4.14. The molecule has 2 rings (SSSR count). The van der Waals surface area contributed by atoms with Crippen LogP contribution in [-0.4, -0.2) is 17.9 Å². The van der Waals surface area contributed by atoms with Crippen molar-refractivity contribution in [2.45, 2.75) is 26.8 Å². The summed E-state index contributed by atoms with van der Waals surface area (Å²) in [5.41, 5.74) is 8.12. The minimum absolute atomic E-state index is 0.0200. The van der Waals surface area contributed by atoms with Crippen LogP contribution in [0.4, 0.5) is 5.69 Å². The molecular formula is C16H20N2OS. The number of anilines is 1. The van der Waals surface area contributed by atoms with Crippen molar-refractivity contribution in [3.63, 3.8) is 0 Å². The Balaban J connectivity index is 2.21. The Morgan fingerprint density at radius 1 is 1.25 bits per heavy atom. The van der Waals surface area contributed by atoms with E-state index in [2.05, 4.69) is 19.1 Å². The highest BCUT2D eigenvalue weighted by Crippen LogP contribution is 2.27. The lowest BCUT2D eigenvalue weighted by Crippen LogP contribution is -2.29. The first kappa shape index (κ1) is 14.6. The van der Waals surface area contributed by atoms with E-state index < -0.39 is 0 Å². The van der Waals surface area contributed by atoms with Crippen LogP contribution < -0.4 is 5.73 Å². The lowest BCUT2D eigenvalue weighted by molar-refractivity contribution is 0.0745.